The molecule has 0 fully saturated rings. The lowest BCUT2D eigenvalue weighted by Gasteiger charge is -2.22. The fourth-order valence-corrected chi connectivity index (χ4v) is 3.11. The number of likely N-dealkylation sites (N-methyl/N-ethyl adjacent to an activating group) is 2. The maximum absolute atomic E-state index is 11.5. The van der Waals surface area contributed by atoms with E-state index in [1.807, 2.05) is 74.8 Å². The van der Waals surface area contributed by atoms with Crippen LogP contribution < -0.4 is 16.0 Å². The molecule has 0 saturated heterocycles. The van der Waals surface area contributed by atoms with Crippen LogP contribution in [0.3, 0.4) is 0 Å². The molecule has 2 aliphatic carbocycles. The highest BCUT2D eigenvalue weighted by atomic mass is 16.6. The first-order chi connectivity index (χ1) is 14.2. The van der Waals surface area contributed by atoms with Crippen molar-refractivity contribution >= 4 is 12.2 Å². The van der Waals surface area contributed by atoms with Gasteiger partial charge >= 0.3 is 12.2 Å². The van der Waals surface area contributed by atoms with Gasteiger partial charge in [0.2, 0.25) is 0 Å². The van der Waals surface area contributed by atoms with E-state index in [-0.39, 0.29) is 24.3 Å². The molecule has 0 spiro atoms. The Morgan fingerprint density at radius 1 is 0.774 bits per heavy atom. The van der Waals surface area contributed by atoms with Crippen LogP contribution in [0.15, 0.2) is 24.3 Å². The second-order valence-corrected chi connectivity index (χ2v) is 10.2. The van der Waals surface area contributed by atoms with Gasteiger partial charge in [0.05, 0.1) is 12.1 Å². The molecule has 8 nitrogen and oxygen atoms in total. The lowest BCUT2D eigenvalue weighted by molar-refractivity contribution is 0.0500. The lowest BCUT2D eigenvalue weighted by atomic mass is 10.2. The van der Waals surface area contributed by atoms with Crippen molar-refractivity contribution in [2.75, 3.05) is 21.1 Å². The van der Waals surface area contributed by atoms with E-state index in [1.165, 1.54) is 0 Å². The van der Waals surface area contributed by atoms with E-state index >= 15 is 0 Å². The van der Waals surface area contributed by atoms with Gasteiger partial charge in [-0.3, -0.25) is 0 Å². The van der Waals surface area contributed by atoms with E-state index in [4.69, 9.17) is 9.47 Å². The van der Waals surface area contributed by atoms with E-state index in [1.54, 1.807) is 0 Å². The van der Waals surface area contributed by atoms with Crippen LogP contribution in [0.1, 0.15) is 54.4 Å². The molecular formula is C23H42N4O4. The van der Waals surface area contributed by atoms with Crippen molar-refractivity contribution in [1.29, 1.82) is 0 Å². The Hall–Kier alpha value is -2.06. The minimum absolute atomic E-state index is 0.0808. The SMILES string of the molecule is CN(C)[C@@H]1C=C[C@H](NC(=O)OC(C)(C)C)C1.CN[C@@H]1C=C[C@H](NC(=O)OC(C)(C)C)C1. The molecule has 4 atom stereocenters. The summed E-state index contributed by atoms with van der Waals surface area (Å²) in [7, 11) is 5.97. The summed E-state index contributed by atoms with van der Waals surface area (Å²) in [5, 5.41) is 8.79. The van der Waals surface area contributed by atoms with Crippen LogP contribution in [0.25, 0.3) is 0 Å². The first kappa shape index (κ1) is 27.0. The molecule has 0 aliphatic heterocycles. The van der Waals surface area contributed by atoms with Gasteiger partial charge in [-0.05, 0) is 75.5 Å². The Balaban J connectivity index is 0.000000311. The predicted molar refractivity (Wildman–Crippen MR) is 124 cm³/mol. The summed E-state index contributed by atoms with van der Waals surface area (Å²) in [4.78, 5) is 25.1. The first-order valence-electron chi connectivity index (χ1n) is 10.9. The Morgan fingerprint density at radius 3 is 1.55 bits per heavy atom. The summed E-state index contributed by atoms with van der Waals surface area (Å²) in [6.45, 7) is 11.1. The maximum atomic E-state index is 11.5. The average Bonchev–Trinajstić information content (AvgIpc) is 3.21. The fourth-order valence-electron chi connectivity index (χ4n) is 3.11. The monoisotopic (exact) mass is 438 g/mol. The minimum Gasteiger partial charge on any atom is -0.444 e. The molecule has 31 heavy (non-hydrogen) atoms. The predicted octanol–water partition coefficient (Wildman–Crippen LogP) is 3.20. The minimum atomic E-state index is -0.437. The molecule has 2 rings (SSSR count). The molecule has 2 aliphatic rings. The smallest absolute Gasteiger partial charge is 0.408 e. The number of hydrogen-bond donors (Lipinski definition) is 3. The van der Waals surface area contributed by atoms with Gasteiger partial charge in [-0.25, -0.2) is 9.59 Å². The first-order valence-corrected chi connectivity index (χ1v) is 10.9. The zero-order valence-electron chi connectivity index (χ0n) is 20.6. The number of hydrogen-bond acceptors (Lipinski definition) is 6. The topological polar surface area (TPSA) is 91.9 Å². The Kier molecular flexibility index (Phi) is 10.0. The van der Waals surface area contributed by atoms with Crippen molar-refractivity contribution in [2.24, 2.45) is 0 Å². The van der Waals surface area contributed by atoms with Crippen molar-refractivity contribution < 1.29 is 19.1 Å². The van der Waals surface area contributed by atoms with Gasteiger partial charge in [-0.2, -0.15) is 0 Å². The number of alkyl carbamates (subject to hydrolysis) is 2. The van der Waals surface area contributed by atoms with Crippen LogP contribution in [0.4, 0.5) is 9.59 Å². The van der Waals surface area contributed by atoms with Crippen molar-refractivity contribution in [2.45, 2.75) is 89.8 Å². The van der Waals surface area contributed by atoms with Gasteiger partial charge in [-0.1, -0.05) is 24.3 Å². The molecule has 3 N–H and O–H groups in total. The number of nitrogens with zero attached hydrogens (tertiary/aromatic N) is 1. The van der Waals surface area contributed by atoms with Crippen LogP contribution in [0.2, 0.25) is 0 Å². The quantitative estimate of drug-likeness (QED) is 0.584. The molecule has 0 aromatic rings. The Morgan fingerprint density at radius 2 is 1.19 bits per heavy atom. The zero-order valence-corrected chi connectivity index (χ0v) is 20.6. The number of ether oxygens (including phenoxy) is 2. The zero-order chi connectivity index (χ0) is 23.8. The molecular weight excluding hydrogens is 396 g/mol. The number of rotatable bonds is 4. The highest BCUT2D eigenvalue weighted by Crippen LogP contribution is 2.16. The van der Waals surface area contributed by atoms with Crippen LogP contribution in [-0.4, -0.2) is 73.6 Å². The van der Waals surface area contributed by atoms with E-state index in [9.17, 15) is 9.59 Å². The summed E-state index contributed by atoms with van der Waals surface area (Å²) >= 11 is 0. The molecule has 0 aromatic heterocycles. The van der Waals surface area contributed by atoms with E-state index in [0.717, 1.165) is 12.8 Å². The molecule has 8 heteroatoms. The van der Waals surface area contributed by atoms with E-state index in [2.05, 4.69) is 33.0 Å². The van der Waals surface area contributed by atoms with E-state index in [0.29, 0.717) is 12.1 Å². The van der Waals surface area contributed by atoms with Gasteiger partial charge in [0.15, 0.2) is 0 Å². The molecule has 0 aromatic carbocycles. The van der Waals surface area contributed by atoms with Crippen molar-refractivity contribution in [3.8, 4) is 0 Å². The second-order valence-electron chi connectivity index (χ2n) is 10.2. The molecule has 2 amide bonds. The molecule has 0 saturated carbocycles. The van der Waals surface area contributed by atoms with Gasteiger partial charge in [0.1, 0.15) is 11.2 Å². The number of nitrogens with one attached hydrogen (secondary N) is 3. The Bertz CT molecular complexity index is 647. The number of carbonyl (C=O) groups is 2. The third kappa shape index (κ3) is 11.8. The lowest BCUT2D eigenvalue weighted by Crippen LogP contribution is -2.39. The second kappa shape index (κ2) is 11.5. The van der Waals surface area contributed by atoms with Crippen molar-refractivity contribution in [3.63, 3.8) is 0 Å². The molecule has 0 radical (unpaired) electrons. The van der Waals surface area contributed by atoms with Gasteiger partial charge < -0.3 is 30.3 Å². The Labute approximate surface area is 187 Å². The third-order valence-electron chi connectivity index (χ3n) is 4.58. The summed E-state index contributed by atoms with van der Waals surface area (Å²) in [6.07, 6.45) is 9.28. The summed E-state index contributed by atoms with van der Waals surface area (Å²) in [5.41, 5.74) is -0.873. The van der Waals surface area contributed by atoms with Crippen LogP contribution >= 0.6 is 0 Å². The van der Waals surface area contributed by atoms with Crippen molar-refractivity contribution in [3.05, 3.63) is 24.3 Å². The highest BCUT2D eigenvalue weighted by Gasteiger charge is 2.24. The van der Waals surface area contributed by atoms with Crippen LogP contribution in [-0.2, 0) is 9.47 Å². The standard InChI is InChI=1S/C12H22N2O2.C11H20N2O2/c1-12(2,3)16-11(15)13-9-6-7-10(8-9)14(4)5;1-11(2,3)15-10(14)13-9-6-5-8(7-9)12-4/h6-7,9-10H,8H2,1-5H3,(H,13,15);5-6,8-9,12H,7H2,1-4H3,(H,13,14)/t9-,10+;8-,9+/m01/s1. The summed E-state index contributed by atoms with van der Waals surface area (Å²) < 4.78 is 10.4. The molecule has 178 valence electrons. The highest BCUT2D eigenvalue weighted by molar-refractivity contribution is 5.69. The van der Waals surface area contributed by atoms with Gasteiger partial charge in [0.25, 0.3) is 0 Å². The number of amides is 2. The van der Waals surface area contributed by atoms with Crippen LogP contribution in [0, 0.1) is 0 Å². The normalized spacial score (nSPS) is 25.1. The largest absolute Gasteiger partial charge is 0.444 e. The summed E-state index contributed by atoms with van der Waals surface area (Å²) in [6, 6.07) is 0.921. The third-order valence-corrected chi connectivity index (χ3v) is 4.58. The van der Waals surface area contributed by atoms with Gasteiger partial charge in [0, 0.05) is 12.1 Å². The molecule has 0 unspecified atom stereocenters. The van der Waals surface area contributed by atoms with E-state index < -0.39 is 11.2 Å². The fraction of sp³-hybridized carbons (Fsp3) is 0.739. The number of carbonyl (C=O) groups excluding carboxylic acids is 2. The van der Waals surface area contributed by atoms with Gasteiger partial charge in [-0.15, -0.1) is 0 Å². The molecule has 0 heterocycles. The average molecular weight is 439 g/mol. The summed E-state index contributed by atoms with van der Waals surface area (Å²) in [5.74, 6) is 0. The van der Waals surface area contributed by atoms with Crippen LogP contribution in [0.5, 0.6) is 0 Å². The van der Waals surface area contributed by atoms with Crippen molar-refractivity contribution in [1.82, 2.24) is 20.9 Å². The molecule has 0 bridgehead atoms. The maximum Gasteiger partial charge on any atom is 0.408 e.